The van der Waals surface area contributed by atoms with Crippen LogP contribution in [0.2, 0.25) is 5.02 Å². The highest BCUT2D eigenvalue weighted by Crippen LogP contribution is 2.16. The number of nitrogens with zero attached hydrogens (tertiary/aromatic N) is 1. The molecule has 2 aromatic rings. The molecule has 1 aromatic heterocycles. The molecule has 1 aromatic carbocycles. The van der Waals surface area contributed by atoms with E-state index in [9.17, 15) is 9.59 Å². The second-order valence-electron chi connectivity index (χ2n) is 4.77. The average molecular weight is 322 g/mol. The molecule has 6 nitrogen and oxygen atoms in total. The molecule has 0 saturated carbocycles. The zero-order valence-electron chi connectivity index (χ0n) is 11.8. The third-order valence-corrected chi connectivity index (χ3v) is 3.51. The number of H-pyrrole nitrogens is 1. The maximum Gasteiger partial charge on any atom is 0.356 e. The van der Waals surface area contributed by atoms with Crippen molar-refractivity contribution in [3.63, 3.8) is 0 Å². The molecule has 116 valence electrons. The fraction of sp³-hybridized carbons (Fsp3) is 0.267. The van der Waals surface area contributed by atoms with Crippen LogP contribution in [0, 0.1) is 0 Å². The zero-order valence-corrected chi connectivity index (χ0v) is 12.6. The summed E-state index contributed by atoms with van der Waals surface area (Å²) < 4.78 is 0. The van der Waals surface area contributed by atoms with Gasteiger partial charge in [-0.25, -0.2) is 4.79 Å². The number of aryl methyl sites for hydroxylation is 1. The summed E-state index contributed by atoms with van der Waals surface area (Å²) in [6, 6.07) is 8.89. The smallest absolute Gasteiger partial charge is 0.356 e. The number of carboxylic acids is 1. The number of amides is 1. The van der Waals surface area contributed by atoms with Crippen molar-refractivity contribution in [1.82, 2.24) is 15.5 Å². The van der Waals surface area contributed by atoms with E-state index in [0.29, 0.717) is 36.5 Å². The molecule has 0 aliphatic rings. The Morgan fingerprint density at radius 2 is 2.05 bits per heavy atom. The molecule has 1 heterocycles. The first-order valence-electron chi connectivity index (χ1n) is 6.84. The van der Waals surface area contributed by atoms with Gasteiger partial charge in [-0.3, -0.25) is 9.89 Å². The van der Waals surface area contributed by atoms with Crippen LogP contribution in [0.1, 0.15) is 28.2 Å². The van der Waals surface area contributed by atoms with Gasteiger partial charge in [-0.1, -0.05) is 29.8 Å². The Hall–Kier alpha value is -2.34. The van der Waals surface area contributed by atoms with Crippen LogP contribution in [0.25, 0.3) is 0 Å². The highest BCUT2D eigenvalue weighted by Gasteiger charge is 2.08. The number of benzene rings is 1. The van der Waals surface area contributed by atoms with Gasteiger partial charge in [0.1, 0.15) is 0 Å². The first kappa shape index (κ1) is 16.0. The molecule has 1 amide bonds. The molecule has 0 fully saturated rings. The molecule has 0 saturated heterocycles. The number of aromatic nitrogens is 2. The molecule has 0 spiro atoms. The largest absolute Gasteiger partial charge is 0.476 e. The molecule has 0 radical (unpaired) electrons. The SMILES string of the molecule is O=C(CCc1ccccc1Cl)NCCc1cc(C(=O)O)n[nH]1. The van der Waals surface area contributed by atoms with E-state index >= 15 is 0 Å². The molecule has 0 bridgehead atoms. The fourth-order valence-corrected chi connectivity index (χ4v) is 2.20. The minimum Gasteiger partial charge on any atom is -0.476 e. The van der Waals surface area contributed by atoms with Gasteiger partial charge in [0.05, 0.1) is 0 Å². The molecular formula is C15H16ClN3O3. The Morgan fingerprint density at radius 3 is 2.73 bits per heavy atom. The van der Waals surface area contributed by atoms with E-state index in [1.807, 2.05) is 18.2 Å². The van der Waals surface area contributed by atoms with Crippen molar-refractivity contribution >= 4 is 23.5 Å². The highest BCUT2D eigenvalue weighted by molar-refractivity contribution is 6.31. The van der Waals surface area contributed by atoms with Gasteiger partial charge in [0.15, 0.2) is 5.69 Å². The Balaban J connectivity index is 1.71. The lowest BCUT2D eigenvalue weighted by atomic mass is 10.1. The monoisotopic (exact) mass is 321 g/mol. The van der Waals surface area contributed by atoms with Crippen molar-refractivity contribution in [2.45, 2.75) is 19.3 Å². The van der Waals surface area contributed by atoms with Crippen molar-refractivity contribution in [3.05, 3.63) is 52.3 Å². The number of aromatic amines is 1. The van der Waals surface area contributed by atoms with Crippen molar-refractivity contribution in [2.75, 3.05) is 6.54 Å². The maximum absolute atomic E-state index is 11.8. The second-order valence-corrected chi connectivity index (χ2v) is 5.18. The van der Waals surface area contributed by atoms with E-state index in [2.05, 4.69) is 15.5 Å². The predicted molar refractivity (Wildman–Crippen MR) is 82.0 cm³/mol. The minimum atomic E-state index is -1.08. The van der Waals surface area contributed by atoms with Crippen molar-refractivity contribution in [1.29, 1.82) is 0 Å². The highest BCUT2D eigenvalue weighted by atomic mass is 35.5. The van der Waals surface area contributed by atoms with Gasteiger partial charge in [0, 0.05) is 30.1 Å². The lowest BCUT2D eigenvalue weighted by Crippen LogP contribution is -2.26. The quantitative estimate of drug-likeness (QED) is 0.727. The molecule has 22 heavy (non-hydrogen) atoms. The number of halogens is 1. The minimum absolute atomic E-state index is 0.0277. The van der Waals surface area contributed by atoms with Crippen LogP contribution in [0.4, 0.5) is 0 Å². The number of nitrogens with one attached hydrogen (secondary N) is 2. The molecule has 0 unspecified atom stereocenters. The summed E-state index contributed by atoms with van der Waals surface area (Å²) in [5.74, 6) is -1.15. The van der Waals surface area contributed by atoms with Crippen LogP contribution in [-0.4, -0.2) is 33.7 Å². The molecular weight excluding hydrogens is 306 g/mol. The summed E-state index contributed by atoms with van der Waals surface area (Å²) in [7, 11) is 0. The van der Waals surface area contributed by atoms with E-state index in [4.69, 9.17) is 16.7 Å². The van der Waals surface area contributed by atoms with E-state index in [0.717, 1.165) is 5.56 Å². The number of hydrogen-bond acceptors (Lipinski definition) is 3. The average Bonchev–Trinajstić information content (AvgIpc) is 2.95. The lowest BCUT2D eigenvalue weighted by molar-refractivity contribution is -0.121. The van der Waals surface area contributed by atoms with Gasteiger partial charge >= 0.3 is 5.97 Å². The van der Waals surface area contributed by atoms with E-state index in [-0.39, 0.29) is 11.6 Å². The number of aromatic carboxylic acids is 1. The van der Waals surface area contributed by atoms with Crippen molar-refractivity contribution < 1.29 is 14.7 Å². The van der Waals surface area contributed by atoms with Gasteiger partial charge in [0.2, 0.25) is 5.91 Å². The van der Waals surface area contributed by atoms with Crippen molar-refractivity contribution in [2.24, 2.45) is 0 Å². The third-order valence-electron chi connectivity index (χ3n) is 3.15. The first-order chi connectivity index (χ1) is 10.6. The number of hydrogen-bond donors (Lipinski definition) is 3. The summed E-state index contributed by atoms with van der Waals surface area (Å²) in [5, 5.41) is 18.5. The standard InChI is InChI=1S/C15H16ClN3O3/c16-12-4-2-1-3-10(12)5-6-14(20)17-8-7-11-9-13(15(21)22)19-18-11/h1-4,9H,5-8H2,(H,17,20)(H,18,19)(H,21,22). The van der Waals surface area contributed by atoms with E-state index < -0.39 is 5.97 Å². The number of rotatable bonds is 7. The Morgan fingerprint density at radius 1 is 1.27 bits per heavy atom. The summed E-state index contributed by atoms with van der Waals surface area (Å²) in [6.07, 6.45) is 1.43. The van der Waals surface area contributed by atoms with Crippen LogP contribution in [0.3, 0.4) is 0 Å². The van der Waals surface area contributed by atoms with E-state index in [1.165, 1.54) is 6.07 Å². The predicted octanol–water partition coefficient (Wildman–Crippen LogP) is 2.05. The number of carbonyl (C=O) groups is 2. The van der Waals surface area contributed by atoms with Crippen LogP contribution < -0.4 is 5.32 Å². The van der Waals surface area contributed by atoms with Crippen LogP contribution >= 0.6 is 11.6 Å². The van der Waals surface area contributed by atoms with Crippen LogP contribution in [-0.2, 0) is 17.6 Å². The molecule has 0 aliphatic heterocycles. The lowest BCUT2D eigenvalue weighted by Gasteiger charge is -2.05. The molecule has 0 atom stereocenters. The van der Waals surface area contributed by atoms with Crippen LogP contribution in [0.15, 0.2) is 30.3 Å². The second kappa shape index (κ2) is 7.61. The van der Waals surface area contributed by atoms with Crippen molar-refractivity contribution in [3.8, 4) is 0 Å². The summed E-state index contributed by atoms with van der Waals surface area (Å²) in [6.45, 7) is 0.419. The fourth-order valence-electron chi connectivity index (χ4n) is 1.97. The zero-order chi connectivity index (χ0) is 15.9. The number of carbonyl (C=O) groups excluding carboxylic acids is 1. The summed E-state index contributed by atoms with van der Waals surface area (Å²) in [5.41, 5.74) is 1.59. The van der Waals surface area contributed by atoms with Gasteiger partial charge in [0.25, 0.3) is 0 Å². The van der Waals surface area contributed by atoms with Crippen LogP contribution in [0.5, 0.6) is 0 Å². The molecule has 2 rings (SSSR count). The summed E-state index contributed by atoms with van der Waals surface area (Å²) >= 11 is 6.03. The van der Waals surface area contributed by atoms with E-state index in [1.54, 1.807) is 6.07 Å². The van der Waals surface area contributed by atoms with Gasteiger partial charge in [-0.15, -0.1) is 0 Å². The first-order valence-corrected chi connectivity index (χ1v) is 7.21. The molecule has 0 aliphatic carbocycles. The topological polar surface area (TPSA) is 95.1 Å². The molecule has 7 heteroatoms. The Kier molecular flexibility index (Phi) is 5.55. The molecule has 3 N–H and O–H groups in total. The Bertz CT molecular complexity index is 670. The normalized spacial score (nSPS) is 10.4. The Labute approximate surface area is 132 Å². The summed E-state index contributed by atoms with van der Waals surface area (Å²) in [4.78, 5) is 22.4. The van der Waals surface area contributed by atoms with Gasteiger partial charge in [-0.05, 0) is 24.1 Å². The number of carboxylic acid groups (broad SMARTS) is 1. The van der Waals surface area contributed by atoms with Gasteiger partial charge < -0.3 is 10.4 Å². The maximum atomic E-state index is 11.8. The third kappa shape index (κ3) is 4.60. The van der Waals surface area contributed by atoms with Gasteiger partial charge in [-0.2, -0.15) is 5.10 Å².